The fourth-order valence-electron chi connectivity index (χ4n) is 6.83. The van der Waals surface area contributed by atoms with Gasteiger partial charge in [-0.25, -0.2) is 4.79 Å². The highest BCUT2D eigenvalue weighted by molar-refractivity contribution is 5.82. The molecule has 7 rings (SSSR count). The third kappa shape index (κ3) is 4.73. The minimum absolute atomic E-state index is 0.0562. The van der Waals surface area contributed by atoms with Crippen molar-refractivity contribution in [1.29, 1.82) is 0 Å². The first-order chi connectivity index (χ1) is 18.1. The molecule has 0 amide bonds. The predicted octanol–water partition coefficient (Wildman–Crippen LogP) is 5.40. The molecule has 0 aliphatic carbocycles. The fraction of sp³-hybridized carbons (Fsp3) is 0.484. The van der Waals surface area contributed by atoms with Gasteiger partial charge >= 0.3 is 5.97 Å². The molecule has 1 aromatic heterocycles. The van der Waals surface area contributed by atoms with E-state index in [1.165, 1.54) is 6.42 Å². The van der Waals surface area contributed by atoms with Crippen molar-refractivity contribution in [2.75, 3.05) is 32.7 Å². The second-order valence-electron chi connectivity index (χ2n) is 11.4. The molecule has 4 aliphatic rings. The lowest BCUT2D eigenvalue weighted by molar-refractivity contribution is -0.959. The summed E-state index contributed by atoms with van der Waals surface area (Å²) in [5.41, 5.74) is 2.22. The van der Waals surface area contributed by atoms with Crippen molar-refractivity contribution < 1.29 is 18.5 Å². The number of aromatic nitrogens is 1. The number of fused-ring (bicyclic) bond motifs is 3. The summed E-state index contributed by atoms with van der Waals surface area (Å²) >= 11 is 0. The van der Waals surface area contributed by atoms with Crippen molar-refractivity contribution in [3.8, 4) is 11.3 Å². The van der Waals surface area contributed by atoms with Crippen molar-refractivity contribution in [3.05, 3.63) is 78.1 Å². The van der Waals surface area contributed by atoms with Gasteiger partial charge in [-0.05, 0) is 38.4 Å². The van der Waals surface area contributed by atoms with E-state index in [-0.39, 0.29) is 12.1 Å². The van der Waals surface area contributed by atoms with Crippen molar-refractivity contribution in [1.82, 2.24) is 10.1 Å². The number of benzene rings is 2. The van der Waals surface area contributed by atoms with Crippen LogP contribution >= 0.6 is 0 Å². The fourth-order valence-corrected chi connectivity index (χ4v) is 6.83. The van der Waals surface area contributed by atoms with E-state index in [4.69, 9.17) is 9.26 Å². The average molecular weight is 501 g/mol. The highest BCUT2D eigenvalue weighted by Crippen LogP contribution is 2.40. The number of quaternary nitrogens is 1. The molecular weight excluding hydrogens is 462 g/mol. The number of carbonyl (C=O) groups is 1. The summed E-state index contributed by atoms with van der Waals surface area (Å²) in [6.07, 6.45) is 5.61. The van der Waals surface area contributed by atoms with Gasteiger partial charge in [-0.2, -0.15) is 0 Å². The molecule has 0 saturated carbocycles. The molecule has 2 bridgehead atoms. The zero-order valence-corrected chi connectivity index (χ0v) is 21.9. The molecule has 4 aliphatic heterocycles. The Morgan fingerprint density at radius 3 is 2.41 bits per heavy atom. The molecule has 6 heteroatoms. The van der Waals surface area contributed by atoms with Crippen molar-refractivity contribution in [2.24, 2.45) is 5.92 Å². The molecule has 0 unspecified atom stereocenters. The Hall–Kier alpha value is -2.96. The first kappa shape index (κ1) is 24.4. The third-order valence-corrected chi connectivity index (χ3v) is 9.14. The van der Waals surface area contributed by atoms with E-state index in [9.17, 15) is 4.79 Å². The molecule has 0 radical (unpaired) electrons. The molecule has 5 heterocycles. The van der Waals surface area contributed by atoms with Crippen LogP contribution in [0.25, 0.3) is 11.3 Å². The first-order valence-electron chi connectivity index (χ1n) is 13.9. The maximum atomic E-state index is 14.0. The van der Waals surface area contributed by atoms with E-state index < -0.39 is 5.54 Å². The average Bonchev–Trinajstić information content (AvgIpc) is 3.42. The summed E-state index contributed by atoms with van der Waals surface area (Å²) in [5.74, 6) is 1.26. The molecule has 194 valence electrons. The summed E-state index contributed by atoms with van der Waals surface area (Å²) in [6, 6.07) is 22.5. The molecule has 2 atom stereocenters. The number of carbonyl (C=O) groups excluding carboxylic acids is 1. The van der Waals surface area contributed by atoms with Crippen LogP contribution in [0.3, 0.4) is 0 Å². The molecule has 0 spiro atoms. The lowest BCUT2D eigenvalue weighted by Gasteiger charge is -2.52. The molecule has 4 fully saturated rings. The van der Waals surface area contributed by atoms with Crippen molar-refractivity contribution in [3.63, 3.8) is 0 Å². The largest absolute Gasteiger partial charge is 0.454 e. The van der Waals surface area contributed by atoms with E-state index >= 15 is 0 Å². The lowest BCUT2D eigenvalue weighted by atomic mass is 9.82. The monoisotopic (exact) mass is 500 g/mol. The SMILES string of the molecule is C[C@@](C(=O)O[C@H]1C[N+]2(Cc3cc(-c4ccccc4)no3)CCC1CC2)(c1ccccc1)N1CCCCC1. The zero-order chi connectivity index (χ0) is 25.3. The second kappa shape index (κ2) is 10.1. The maximum absolute atomic E-state index is 14.0. The topological polar surface area (TPSA) is 55.6 Å². The second-order valence-corrected chi connectivity index (χ2v) is 11.4. The quantitative estimate of drug-likeness (QED) is 0.321. The molecule has 0 N–H and O–H groups in total. The van der Waals surface area contributed by atoms with E-state index in [1.54, 1.807) is 0 Å². The van der Waals surface area contributed by atoms with Gasteiger partial charge in [0.1, 0.15) is 24.3 Å². The van der Waals surface area contributed by atoms with Gasteiger partial charge in [-0.15, -0.1) is 0 Å². The summed E-state index contributed by atoms with van der Waals surface area (Å²) < 4.78 is 13.2. The Morgan fingerprint density at radius 2 is 1.70 bits per heavy atom. The van der Waals surface area contributed by atoms with Crippen LogP contribution < -0.4 is 0 Å². The number of nitrogens with zero attached hydrogens (tertiary/aromatic N) is 3. The number of esters is 1. The minimum atomic E-state index is -0.756. The van der Waals surface area contributed by atoms with Crippen LogP contribution in [-0.2, 0) is 21.6 Å². The Labute approximate surface area is 219 Å². The van der Waals surface area contributed by atoms with Gasteiger partial charge in [-0.3, -0.25) is 4.90 Å². The number of rotatable bonds is 7. The first-order valence-corrected chi connectivity index (χ1v) is 13.9. The molecule has 2 aromatic carbocycles. The summed E-state index contributed by atoms with van der Waals surface area (Å²) in [4.78, 5) is 16.4. The van der Waals surface area contributed by atoms with Crippen LogP contribution in [0.1, 0.15) is 50.4 Å². The number of ether oxygens (including phenoxy) is 1. The van der Waals surface area contributed by atoms with Crippen molar-refractivity contribution >= 4 is 5.97 Å². The van der Waals surface area contributed by atoms with Gasteiger partial charge in [-0.1, -0.05) is 72.2 Å². The Kier molecular flexibility index (Phi) is 6.63. The van der Waals surface area contributed by atoms with Crippen LogP contribution in [0.15, 0.2) is 71.3 Å². The molecule has 37 heavy (non-hydrogen) atoms. The Morgan fingerprint density at radius 1 is 1.03 bits per heavy atom. The minimum Gasteiger partial charge on any atom is -0.454 e. The van der Waals surface area contributed by atoms with Gasteiger partial charge < -0.3 is 13.7 Å². The number of likely N-dealkylation sites (tertiary alicyclic amines) is 1. The maximum Gasteiger partial charge on any atom is 0.331 e. The van der Waals surface area contributed by atoms with E-state index in [2.05, 4.69) is 47.3 Å². The van der Waals surface area contributed by atoms with Crippen LogP contribution in [-0.4, -0.2) is 59.3 Å². The third-order valence-electron chi connectivity index (χ3n) is 9.14. The van der Waals surface area contributed by atoms with E-state index in [0.29, 0.717) is 5.92 Å². The molecule has 3 aromatic rings. The highest BCUT2D eigenvalue weighted by atomic mass is 16.5. The summed E-state index contributed by atoms with van der Waals surface area (Å²) in [7, 11) is 0. The number of hydrogen-bond acceptors (Lipinski definition) is 5. The summed E-state index contributed by atoms with van der Waals surface area (Å²) in [5, 5.41) is 4.34. The van der Waals surface area contributed by atoms with Crippen molar-refractivity contribution in [2.45, 2.75) is 57.2 Å². The van der Waals surface area contributed by atoms with Crippen LogP contribution in [0.5, 0.6) is 0 Å². The van der Waals surface area contributed by atoms with Gasteiger partial charge in [0.05, 0.1) is 13.1 Å². The Bertz CT molecular complexity index is 1200. The molecular formula is C31H38N3O3+. The summed E-state index contributed by atoms with van der Waals surface area (Å²) in [6.45, 7) is 7.78. The normalized spacial score (nSPS) is 27.5. The van der Waals surface area contributed by atoms with Gasteiger partial charge in [0.15, 0.2) is 11.9 Å². The van der Waals surface area contributed by atoms with Crippen LogP contribution in [0.4, 0.5) is 0 Å². The van der Waals surface area contributed by atoms with Crippen LogP contribution in [0.2, 0.25) is 0 Å². The van der Waals surface area contributed by atoms with Gasteiger partial charge in [0.25, 0.3) is 0 Å². The van der Waals surface area contributed by atoms with Crippen LogP contribution in [0, 0.1) is 5.92 Å². The van der Waals surface area contributed by atoms with Gasteiger partial charge in [0, 0.05) is 30.4 Å². The number of piperidine rings is 4. The smallest absolute Gasteiger partial charge is 0.331 e. The highest BCUT2D eigenvalue weighted by Gasteiger charge is 2.51. The lowest BCUT2D eigenvalue weighted by Crippen LogP contribution is -2.64. The van der Waals surface area contributed by atoms with E-state index in [1.807, 2.05) is 36.4 Å². The van der Waals surface area contributed by atoms with Gasteiger partial charge in [0.2, 0.25) is 0 Å². The standard InChI is InChI=1S/C31H38N3O3/c1-31(26-13-7-3-8-14-26,33-17-9-4-10-18-33)30(35)36-29-23-34(19-15-25(29)16-20-34)22-27-21-28(32-37-27)24-11-5-2-6-12-24/h2-3,5-8,11-14,21,25,29H,4,9-10,15-20,22-23H2,1H3/q+1/t25?,29-,31-,34?/m0/s1. The molecule has 6 nitrogen and oxygen atoms in total. The zero-order valence-electron chi connectivity index (χ0n) is 21.9. The molecule has 4 saturated heterocycles. The Balaban J connectivity index is 1.20. The number of hydrogen-bond donors (Lipinski definition) is 0. The van der Waals surface area contributed by atoms with E-state index in [0.717, 1.165) is 92.0 Å². The predicted molar refractivity (Wildman–Crippen MR) is 142 cm³/mol.